The van der Waals surface area contributed by atoms with Crippen molar-refractivity contribution >= 4 is 35.0 Å². The number of halogens is 2. The maximum atomic E-state index is 12.9. The summed E-state index contributed by atoms with van der Waals surface area (Å²) in [7, 11) is 2.82. The van der Waals surface area contributed by atoms with Gasteiger partial charge in [0.15, 0.2) is 5.72 Å². The number of rotatable bonds is 1. The van der Waals surface area contributed by atoms with Crippen molar-refractivity contribution in [3.05, 3.63) is 60.2 Å². The second kappa shape index (κ2) is 5.85. The highest BCUT2D eigenvalue weighted by atomic mass is 35.5. The molecule has 4 rings (SSSR count). The first kappa shape index (κ1) is 18.1. The number of aromatic nitrogens is 2. The van der Waals surface area contributed by atoms with Gasteiger partial charge in [-0.15, -0.1) is 0 Å². The number of nitrogens with one attached hydrogen (secondary N) is 1. The lowest BCUT2D eigenvalue weighted by molar-refractivity contribution is -0.141. The van der Waals surface area contributed by atoms with Gasteiger partial charge in [0.05, 0.1) is 15.6 Å². The van der Waals surface area contributed by atoms with Crippen molar-refractivity contribution in [3.8, 4) is 0 Å². The van der Waals surface area contributed by atoms with Gasteiger partial charge in [0.2, 0.25) is 0 Å². The Hall–Kier alpha value is -2.29. The molecule has 1 aromatic heterocycles. The van der Waals surface area contributed by atoms with Crippen LogP contribution in [0.3, 0.4) is 0 Å². The van der Waals surface area contributed by atoms with Crippen LogP contribution in [-0.2, 0) is 23.6 Å². The zero-order valence-corrected chi connectivity index (χ0v) is 15.8. The summed E-state index contributed by atoms with van der Waals surface area (Å²) in [6, 6.07) is 4.72. The van der Waals surface area contributed by atoms with Gasteiger partial charge < -0.3 is 15.2 Å². The summed E-state index contributed by atoms with van der Waals surface area (Å²) in [6.07, 6.45) is 0. The first-order valence-electron chi connectivity index (χ1n) is 8.08. The van der Waals surface area contributed by atoms with Crippen LogP contribution in [0, 0.1) is 5.92 Å². The predicted molar refractivity (Wildman–Crippen MR) is 98.3 cm³/mol. The fraction of sp³-hybridized carbons (Fsp3) is 0.353. The summed E-state index contributed by atoms with van der Waals surface area (Å²) >= 11 is 12.1. The summed E-state index contributed by atoms with van der Waals surface area (Å²) in [4.78, 5) is 37.7. The molecule has 2 aromatic rings. The first-order valence-corrected chi connectivity index (χ1v) is 8.83. The minimum absolute atomic E-state index is 0.135. The van der Waals surface area contributed by atoms with Crippen LogP contribution in [0.2, 0.25) is 10.0 Å². The normalized spacial score (nSPS) is 26.2. The number of carbonyl (C=O) groups excluding carboxylic acids is 1. The van der Waals surface area contributed by atoms with Crippen molar-refractivity contribution in [2.45, 2.75) is 11.6 Å². The molecule has 2 aliphatic rings. The lowest BCUT2D eigenvalue weighted by Crippen LogP contribution is -2.56. The Kier molecular flexibility index (Phi) is 3.92. The molecule has 0 saturated carbocycles. The molecule has 3 heterocycles. The molecule has 10 heteroatoms. The van der Waals surface area contributed by atoms with Gasteiger partial charge in [-0.25, -0.2) is 4.79 Å². The highest BCUT2D eigenvalue weighted by Gasteiger charge is 2.58. The molecular weight excluding hydrogens is 397 g/mol. The van der Waals surface area contributed by atoms with Crippen molar-refractivity contribution in [1.82, 2.24) is 9.13 Å². The van der Waals surface area contributed by atoms with Crippen LogP contribution in [0.25, 0.3) is 0 Å². The third kappa shape index (κ3) is 2.44. The topological polar surface area (TPSA) is 103 Å². The smallest absolute Gasteiger partial charge is 0.332 e. The number of hydrogen-bond donors (Lipinski definition) is 2. The van der Waals surface area contributed by atoms with Crippen LogP contribution in [0.4, 0.5) is 5.82 Å². The molecule has 1 saturated heterocycles. The van der Waals surface area contributed by atoms with Crippen molar-refractivity contribution in [2.75, 3.05) is 11.9 Å². The summed E-state index contributed by atoms with van der Waals surface area (Å²) < 4.78 is 7.25. The lowest BCUT2D eigenvalue weighted by atomic mass is 9.74. The molecule has 0 radical (unpaired) electrons. The average molecular weight is 412 g/mol. The van der Waals surface area contributed by atoms with Crippen molar-refractivity contribution < 1.29 is 14.6 Å². The zero-order valence-electron chi connectivity index (χ0n) is 14.3. The Morgan fingerprint density at radius 1 is 1.19 bits per heavy atom. The maximum absolute atomic E-state index is 12.9. The van der Waals surface area contributed by atoms with E-state index >= 15 is 0 Å². The van der Waals surface area contributed by atoms with Crippen LogP contribution in [-0.4, -0.2) is 32.5 Å². The van der Waals surface area contributed by atoms with E-state index < -0.39 is 34.8 Å². The highest BCUT2D eigenvalue weighted by Crippen LogP contribution is 2.48. The fourth-order valence-electron chi connectivity index (χ4n) is 3.82. The molecular formula is C17H15Cl2N3O5. The van der Waals surface area contributed by atoms with Crippen molar-refractivity contribution in [2.24, 2.45) is 20.0 Å². The summed E-state index contributed by atoms with van der Waals surface area (Å²) in [5.74, 6) is -2.48. The number of benzene rings is 1. The van der Waals surface area contributed by atoms with Gasteiger partial charge in [-0.2, -0.15) is 0 Å². The maximum Gasteiger partial charge on any atom is 0.332 e. The summed E-state index contributed by atoms with van der Waals surface area (Å²) in [6.45, 7) is -0.308. The molecule has 3 unspecified atom stereocenters. The number of anilines is 1. The van der Waals surface area contributed by atoms with Crippen LogP contribution in [0.15, 0.2) is 27.8 Å². The van der Waals surface area contributed by atoms with Gasteiger partial charge in [0.25, 0.3) is 5.56 Å². The molecule has 2 aliphatic heterocycles. The molecule has 3 atom stereocenters. The van der Waals surface area contributed by atoms with Gasteiger partial charge in [0.1, 0.15) is 18.3 Å². The van der Waals surface area contributed by atoms with Crippen LogP contribution >= 0.6 is 23.2 Å². The Bertz CT molecular complexity index is 1110. The molecule has 0 spiro atoms. The van der Waals surface area contributed by atoms with E-state index in [9.17, 15) is 19.5 Å². The quantitative estimate of drug-likeness (QED) is 0.673. The Morgan fingerprint density at radius 2 is 1.89 bits per heavy atom. The Balaban J connectivity index is 2.09. The minimum Gasteiger partial charge on any atom is -0.460 e. The largest absolute Gasteiger partial charge is 0.460 e. The van der Waals surface area contributed by atoms with Gasteiger partial charge in [0, 0.05) is 20.0 Å². The fourth-order valence-corrected chi connectivity index (χ4v) is 4.13. The lowest BCUT2D eigenvalue weighted by Gasteiger charge is -2.40. The van der Waals surface area contributed by atoms with E-state index in [0.29, 0.717) is 10.6 Å². The molecule has 142 valence electrons. The Morgan fingerprint density at radius 3 is 2.56 bits per heavy atom. The predicted octanol–water partition coefficient (Wildman–Crippen LogP) is 0.810. The number of carbonyl (C=O) groups is 1. The van der Waals surface area contributed by atoms with Crippen LogP contribution in [0.5, 0.6) is 0 Å². The third-order valence-corrected chi connectivity index (χ3v) is 5.92. The van der Waals surface area contributed by atoms with Gasteiger partial charge in [-0.3, -0.25) is 18.7 Å². The van der Waals surface area contributed by atoms with Crippen molar-refractivity contribution in [3.63, 3.8) is 0 Å². The average Bonchev–Trinajstić information content (AvgIpc) is 2.94. The summed E-state index contributed by atoms with van der Waals surface area (Å²) in [5, 5.41) is 14.3. The third-order valence-electron chi connectivity index (χ3n) is 5.18. The van der Waals surface area contributed by atoms with E-state index in [1.807, 2.05) is 0 Å². The van der Waals surface area contributed by atoms with E-state index in [4.69, 9.17) is 27.9 Å². The standard InChI is InChI=1S/C17H15Cl2N3O5/c1-21-13-11(14(23)22(2)16(21)25)10(7-3-4-8(18)9(19)5-7)12-15(24)27-6-17(12,26)20-13/h3-5,10,12,20,26H,6H2,1-2H3. The molecule has 2 N–H and O–H groups in total. The molecule has 1 fully saturated rings. The number of fused-ring (bicyclic) bond motifs is 2. The second-order valence-electron chi connectivity index (χ2n) is 6.75. The molecule has 27 heavy (non-hydrogen) atoms. The van der Waals surface area contributed by atoms with Crippen LogP contribution < -0.4 is 16.6 Å². The zero-order chi connectivity index (χ0) is 19.7. The second-order valence-corrected chi connectivity index (χ2v) is 7.57. The van der Waals surface area contributed by atoms with E-state index in [2.05, 4.69) is 5.32 Å². The van der Waals surface area contributed by atoms with Gasteiger partial charge in [-0.05, 0) is 17.7 Å². The molecule has 1 aromatic carbocycles. The van der Waals surface area contributed by atoms with E-state index in [-0.39, 0.29) is 23.0 Å². The number of esters is 1. The van der Waals surface area contributed by atoms with E-state index in [0.717, 1.165) is 4.57 Å². The molecule has 0 aliphatic carbocycles. The highest BCUT2D eigenvalue weighted by molar-refractivity contribution is 6.42. The van der Waals surface area contributed by atoms with E-state index in [1.54, 1.807) is 18.2 Å². The number of cyclic esters (lactones) is 1. The minimum atomic E-state index is -1.77. The van der Waals surface area contributed by atoms with E-state index in [1.165, 1.54) is 18.7 Å². The number of aliphatic hydroxyl groups is 1. The molecule has 0 amide bonds. The molecule has 0 bridgehead atoms. The summed E-state index contributed by atoms with van der Waals surface area (Å²) in [5.41, 5.74) is -2.22. The SMILES string of the molecule is Cn1c2c(c(=O)n(C)c1=O)C(c1ccc(Cl)c(Cl)c1)C1C(=O)OCC1(O)N2. The number of hydrogen-bond acceptors (Lipinski definition) is 6. The monoisotopic (exact) mass is 411 g/mol. The number of nitrogens with zero attached hydrogens (tertiary/aromatic N) is 2. The van der Waals surface area contributed by atoms with Crippen LogP contribution in [0.1, 0.15) is 17.0 Å². The van der Waals surface area contributed by atoms with Gasteiger partial charge >= 0.3 is 11.7 Å². The van der Waals surface area contributed by atoms with Crippen molar-refractivity contribution in [1.29, 1.82) is 0 Å². The Labute approximate surface area is 162 Å². The molecule has 8 nitrogen and oxygen atoms in total. The first-order chi connectivity index (χ1) is 12.7. The van der Waals surface area contributed by atoms with Gasteiger partial charge in [-0.1, -0.05) is 29.3 Å². The number of ether oxygens (including phenoxy) is 1.